The van der Waals surface area contributed by atoms with Gasteiger partial charge in [-0.2, -0.15) is 0 Å². The molecule has 0 heterocycles. The van der Waals surface area contributed by atoms with E-state index in [0.717, 1.165) is 40.1 Å². The van der Waals surface area contributed by atoms with Gasteiger partial charge in [0.15, 0.2) is 11.5 Å². The molecule has 2 aromatic rings. The molecule has 0 aliphatic heterocycles. The van der Waals surface area contributed by atoms with E-state index < -0.39 is 0 Å². The van der Waals surface area contributed by atoms with Gasteiger partial charge in [-0.25, -0.2) is 4.39 Å². The van der Waals surface area contributed by atoms with E-state index in [4.69, 9.17) is 21.1 Å². The average Bonchev–Trinajstić information content (AvgIpc) is 2.73. The zero-order chi connectivity index (χ0) is 22.3. The molecule has 4 aliphatic carbocycles. The van der Waals surface area contributed by atoms with Crippen LogP contribution in [-0.4, -0.2) is 12.1 Å². The quantitative estimate of drug-likeness (QED) is 0.395. The van der Waals surface area contributed by atoms with Crippen LogP contribution in [0.5, 0.6) is 11.5 Å². The first kappa shape index (κ1) is 22.5. The Labute approximate surface area is 203 Å². The van der Waals surface area contributed by atoms with E-state index in [2.05, 4.69) is 27.3 Å². The van der Waals surface area contributed by atoms with Crippen LogP contribution < -0.4 is 14.8 Å². The third-order valence-electron chi connectivity index (χ3n) is 7.50. The van der Waals surface area contributed by atoms with Crippen molar-refractivity contribution in [2.75, 3.05) is 6.61 Å². The Balaban J connectivity index is 1.30. The monoisotopic (exact) mass is 521 g/mol. The molecule has 0 saturated heterocycles. The third-order valence-corrected chi connectivity index (χ3v) is 8.59. The molecular formula is C26H30BrClFNO2. The Morgan fingerprint density at radius 3 is 2.28 bits per heavy atom. The number of hydrogen-bond donors (Lipinski definition) is 1. The summed E-state index contributed by atoms with van der Waals surface area (Å²) in [6.45, 7) is 3.58. The molecule has 4 fully saturated rings. The zero-order valence-corrected chi connectivity index (χ0v) is 20.8. The minimum atomic E-state index is -0.354. The van der Waals surface area contributed by atoms with Crippen LogP contribution in [0.1, 0.15) is 56.6 Å². The maximum Gasteiger partial charge on any atom is 0.162 e. The second-order valence-corrected chi connectivity index (χ2v) is 11.2. The summed E-state index contributed by atoms with van der Waals surface area (Å²) >= 11 is 9.90. The van der Waals surface area contributed by atoms with Gasteiger partial charge in [0.05, 0.1) is 11.6 Å². The standard InChI is InChI=1S/C26H30BrClFNO2/c1-2-31-24-8-20(14-30-26-11-16-5-17(12-26)7-18(6-16)13-26)22(27)10-25(24)32-15-19-3-4-21(29)9-23(19)28/h3-4,8-10,16-18,30H,2,5-7,11-15H2,1H3. The lowest BCUT2D eigenvalue weighted by atomic mass is 9.53. The van der Waals surface area contributed by atoms with Crippen LogP contribution in [0, 0.1) is 23.6 Å². The minimum absolute atomic E-state index is 0.247. The molecule has 6 rings (SSSR count). The first-order chi connectivity index (χ1) is 15.4. The molecule has 172 valence electrons. The topological polar surface area (TPSA) is 30.5 Å². The smallest absolute Gasteiger partial charge is 0.162 e. The maximum atomic E-state index is 13.3. The summed E-state index contributed by atoms with van der Waals surface area (Å²) in [5, 5.41) is 4.32. The Bertz CT molecular complexity index is 963. The van der Waals surface area contributed by atoms with E-state index in [1.807, 2.05) is 13.0 Å². The van der Waals surface area contributed by atoms with Crippen molar-refractivity contribution in [3.05, 3.63) is 56.8 Å². The first-order valence-corrected chi connectivity index (χ1v) is 12.9. The van der Waals surface area contributed by atoms with Gasteiger partial charge in [0.2, 0.25) is 0 Å². The molecule has 6 heteroatoms. The number of ether oxygens (including phenoxy) is 2. The fourth-order valence-electron chi connectivity index (χ4n) is 6.50. The van der Waals surface area contributed by atoms with E-state index in [-0.39, 0.29) is 12.4 Å². The van der Waals surface area contributed by atoms with Crippen molar-refractivity contribution in [2.45, 2.75) is 64.1 Å². The third kappa shape index (κ3) is 4.67. The molecule has 4 aliphatic rings. The predicted octanol–water partition coefficient (Wildman–Crippen LogP) is 7.28. The largest absolute Gasteiger partial charge is 0.490 e. The molecule has 0 radical (unpaired) electrons. The maximum absolute atomic E-state index is 13.3. The minimum Gasteiger partial charge on any atom is -0.490 e. The van der Waals surface area contributed by atoms with Crippen LogP contribution in [0.2, 0.25) is 5.02 Å². The van der Waals surface area contributed by atoms with Gasteiger partial charge >= 0.3 is 0 Å². The Morgan fingerprint density at radius 1 is 1.00 bits per heavy atom. The second-order valence-electron chi connectivity index (χ2n) is 9.90. The second kappa shape index (κ2) is 9.15. The summed E-state index contributed by atoms with van der Waals surface area (Å²) in [6.07, 6.45) is 8.33. The number of rotatable bonds is 8. The molecule has 3 nitrogen and oxygen atoms in total. The van der Waals surface area contributed by atoms with Crippen molar-refractivity contribution in [1.29, 1.82) is 0 Å². The average molecular weight is 523 g/mol. The fraction of sp³-hybridized carbons (Fsp3) is 0.538. The van der Waals surface area contributed by atoms with Crippen LogP contribution in [0.15, 0.2) is 34.8 Å². The molecule has 0 unspecified atom stereocenters. The van der Waals surface area contributed by atoms with Crippen molar-refractivity contribution in [3.63, 3.8) is 0 Å². The molecule has 2 aromatic carbocycles. The van der Waals surface area contributed by atoms with Crippen LogP contribution in [0.3, 0.4) is 0 Å². The van der Waals surface area contributed by atoms with Gasteiger partial charge in [-0.05, 0) is 93.0 Å². The highest BCUT2D eigenvalue weighted by atomic mass is 79.9. The summed E-state index contributed by atoms with van der Waals surface area (Å²) in [6, 6.07) is 8.39. The summed E-state index contributed by atoms with van der Waals surface area (Å²) in [7, 11) is 0. The molecule has 4 bridgehead atoms. The molecule has 0 aromatic heterocycles. The number of halogens is 3. The summed E-state index contributed by atoms with van der Waals surface area (Å²) < 4.78 is 26.3. The summed E-state index contributed by atoms with van der Waals surface area (Å²) in [5.41, 5.74) is 2.23. The lowest BCUT2D eigenvalue weighted by Gasteiger charge is -2.57. The fourth-order valence-corrected chi connectivity index (χ4v) is 7.18. The van der Waals surface area contributed by atoms with Crippen LogP contribution in [0.4, 0.5) is 4.39 Å². The van der Waals surface area contributed by atoms with Gasteiger partial charge in [0.1, 0.15) is 12.4 Å². The molecule has 0 amide bonds. The molecule has 4 saturated carbocycles. The Hall–Kier alpha value is -1.30. The highest BCUT2D eigenvalue weighted by molar-refractivity contribution is 9.10. The molecular weight excluding hydrogens is 493 g/mol. The van der Waals surface area contributed by atoms with Gasteiger partial charge in [-0.15, -0.1) is 0 Å². The highest BCUT2D eigenvalue weighted by Crippen LogP contribution is 2.55. The Kier molecular flexibility index (Phi) is 6.43. The number of hydrogen-bond acceptors (Lipinski definition) is 3. The van der Waals surface area contributed by atoms with Crippen molar-refractivity contribution in [1.82, 2.24) is 5.32 Å². The van der Waals surface area contributed by atoms with Crippen LogP contribution >= 0.6 is 27.5 Å². The lowest BCUT2D eigenvalue weighted by Crippen LogP contribution is -2.58. The van der Waals surface area contributed by atoms with E-state index in [9.17, 15) is 4.39 Å². The van der Waals surface area contributed by atoms with Crippen LogP contribution in [-0.2, 0) is 13.2 Å². The van der Waals surface area contributed by atoms with Crippen molar-refractivity contribution < 1.29 is 13.9 Å². The van der Waals surface area contributed by atoms with E-state index in [0.29, 0.717) is 22.9 Å². The van der Waals surface area contributed by atoms with E-state index >= 15 is 0 Å². The summed E-state index contributed by atoms with van der Waals surface area (Å²) in [5.74, 6) is 3.78. The number of benzene rings is 2. The summed E-state index contributed by atoms with van der Waals surface area (Å²) in [4.78, 5) is 0. The predicted molar refractivity (Wildman–Crippen MR) is 129 cm³/mol. The first-order valence-electron chi connectivity index (χ1n) is 11.7. The zero-order valence-electron chi connectivity index (χ0n) is 18.4. The van der Waals surface area contributed by atoms with Gasteiger partial charge in [0, 0.05) is 22.1 Å². The highest BCUT2D eigenvalue weighted by Gasteiger charge is 2.50. The van der Waals surface area contributed by atoms with E-state index in [1.165, 1.54) is 56.2 Å². The SMILES string of the molecule is CCOc1cc(CNC23CC4CC(CC(C4)C2)C3)c(Br)cc1OCc1ccc(F)cc1Cl. The van der Waals surface area contributed by atoms with Gasteiger partial charge in [-0.3, -0.25) is 0 Å². The normalized spacial score (nSPS) is 28.2. The molecule has 32 heavy (non-hydrogen) atoms. The Morgan fingerprint density at radius 2 is 1.66 bits per heavy atom. The number of nitrogens with one attached hydrogen (secondary N) is 1. The van der Waals surface area contributed by atoms with Crippen molar-refractivity contribution >= 4 is 27.5 Å². The molecule has 0 atom stereocenters. The van der Waals surface area contributed by atoms with E-state index in [1.54, 1.807) is 6.07 Å². The molecule has 0 spiro atoms. The van der Waals surface area contributed by atoms with Crippen molar-refractivity contribution in [2.24, 2.45) is 17.8 Å². The molecule has 1 N–H and O–H groups in total. The van der Waals surface area contributed by atoms with Crippen LogP contribution in [0.25, 0.3) is 0 Å². The lowest BCUT2D eigenvalue weighted by molar-refractivity contribution is -0.0206. The van der Waals surface area contributed by atoms with Gasteiger partial charge in [-0.1, -0.05) is 33.6 Å². The van der Waals surface area contributed by atoms with Gasteiger partial charge in [0.25, 0.3) is 0 Å². The van der Waals surface area contributed by atoms with Gasteiger partial charge < -0.3 is 14.8 Å². The van der Waals surface area contributed by atoms with Crippen molar-refractivity contribution in [3.8, 4) is 11.5 Å².